The van der Waals surface area contributed by atoms with E-state index in [9.17, 15) is 13.2 Å². The average Bonchev–Trinajstić information content (AvgIpc) is 1.92. The second-order valence-corrected chi connectivity index (χ2v) is 2.94. The lowest BCUT2D eigenvalue weighted by molar-refractivity contribution is -0.174. The Kier molecular flexibility index (Phi) is 2.21. The molecule has 0 radical (unpaired) electrons. The van der Waals surface area contributed by atoms with E-state index in [-0.39, 0.29) is 30.7 Å². The van der Waals surface area contributed by atoms with E-state index in [2.05, 4.69) is 0 Å². The van der Waals surface area contributed by atoms with Crippen LogP contribution in [0.3, 0.4) is 0 Å². The molecule has 2 nitrogen and oxygen atoms in total. The van der Waals surface area contributed by atoms with E-state index in [1.165, 1.54) is 0 Å². The summed E-state index contributed by atoms with van der Waals surface area (Å²) in [6.45, 7) is 0. The van der Waals surface area contributed by atoms with Gasteiger partial charge in [-0.15, -0.1) is 0 Å². The van der Waals surface area contributed by atoms with Gasteiger partial charge in [-0.2, -0.15) is 13.2 Å². The predicted octanol–water partition coefficient (Wildman–Crippen LogP) is 2.39. The molecule has 5 heteroatoms. The molecule has 0 heterocycles. The molecule has 0 aromatic rings. The maximum Gasteiger partial charge on any atom is 0.392 e. The molecule has 1 unspecified atom stereocenters. The summed E-state index contributed by atoms with van der Waals surface area (Å²) >= 11 is 0. The average molecular weight is 178 g/mol. The first-order valence-corrected chi connectivity index (χ1v) is 3.63. The molecular weight excluding hydrogens is 169 g/mol. The van der Waals surface area contributed by atoms with Crippen molar-refractivity contribution in [3.8, 4) is 0 Å². The molecule has 1 aliphatic carbocycles. The highest BCUT2D eigenvalue weighted by molar-refractivity contribution is 6.40. The highest BCUT2D eigenvalue weighted by Crippen LogP contribution is 2.35. The Balaban J connectivity index is 2.63. The van der Waals surface area contributed by atoms with Crippen LogP contribution in [0.4, 0.5) is 13.2 Å². The van der Waals surface area contributed by atoms with Crippen LogP contribution in [0.25, 0.3) is 0 Å². The van der Waals surface area contributed by atoms with Crippen LogP contribution in [-0.4, -0.2) is 17.6 Å². The van der Waals surface area contributed by atoms with Gasteiger partial charge in [-0.3, -0.25) is 0 Å². The minimum absolute atomic E-state index is 0.0370. The van der Waals surface area contributed by atoms with Crippen LogP contribution in [0.15, 0.2) is 0 Å². The highest BCUT2D eigenvalue weighted by Gasteiger charge is 2.42. The fraction of sp³-hybridized carbons (Fsp3) is 0.714. The van der Waals surface area contributed by atoms with Crippen molar-refractivity contribution >= 4 is 11.4 Å². The summed E-state index contributed by atoms with van der Waals surface area (Å²) in [4.78, 5) is 0. The lowest BCUT2D eigenvalue weighted by Gasteiger charge is -2.24. The normalized spacial score (nSPS) is 26.1. The smallest absolute Gasteiger partial charge is 0.303 e. The second kappa shape index (κ2) is 2.88. The summed E-state index contributed by atoms with van der Waals surface area (Å²) in [6.07, 6.45) is -4.47. The number of hydrogen-bond donors (Lipinski definition) is 2. The van der Waals surface area contributed by atoms with Crippen LogP contribution < -0.4 is 0 Å². The van der Waals surface area contributed by atoms with Gasteiger partial charge in [0.1, 0.15) is 0 Å². The summed E-state index contributed by atoms with van der Waals surface area (Å²) in [5, 5.41) is 14.2. The lowest BCUT2D eigenvalue weighted by atomic mass is 9.86. The van der Waals surface area contributed by atoms with E-state index in [0.717, 1.165) is 0 Å². The standard InChI is InChI=1S/C7H9F3N2/c8-7(9,10)4-1-2-5(11)6(12)3-4/h4,11-12H,1-3H2. The molecule has 1 rings (SSSR count). The summed E-state index contributed by atoms with van der Waals surface area (Å²) in [5.74, 6) is -1.40. The minimum atomic E-state index is -4.20. The van der Waals surface area contributed by atoms with Crippen molar-refractivity contribution in [3.63, 3.8) is 0 Å². The second-order valence-electron chi connectivity index (χ2n) is 2.94. The Morgan fingerprint density at radius 2 is 1.75 bits per heavy atom. The first kappa shape index (κ1) is 9.22. The third kappa shape index (κ3) is 1.84. The molecule has 0 saturated heterocycles. The van der Waals surface area contributed by atoms with E-state index in [1.54, 1.807) is 0 Å². The summed E-state index contributed by atoms with van der Waals surface area (Å²) in [7, 11) is 0. The van der Waals surface area contributed by atoms with E-state index >= 15 is 0 Å². The maximum absolute atomic E-state index is 12.1. The van der Waals surface area contributed by atoms with Crippen molar-refractivity contribution in [3.05, 3.63) is 0 Å². The maximum atomic E-state index is 12.1. The quantitative estimate of drug-likeness (QED) is 0.572. The van der Waals surface area contributed by atoms with Crippen molar-refractivity contribution in [2.24, 2.45) is 5.92 Å². The Bertz CT molecular complexity index is 219. The summed E-state index contributed by atoms with van der Waals surface area (Å²) in [5.41, 5.74) is -0.112. The van der Waals surface area contributed by atoms with Gasteiger partial charge in [0.15, 0.2) is 0 Å². The zero-order chi connectivity index (χ0) is 9.35. The van der Waals surface area contributed by atoms with Gasteiger partial charge in [-0.05, 0) is 12.8 Å². The Morgan fingerprint density at radius 3 is 2.17 bits per heavy atom. The monoisotopic (exact) mass is 178 g/mol. The van der Waals surface area contributed by atoms with E-state index in [1.807, 2.05) is 0 Å². The van der Waals surface area contributed by atoms with Gasteiger partial charge in [-0.25, -0.2) is 0 Å². The molecule has 0 spiro atoms. The van der Waals surface area contributed by atoms with Gasteiger partial charge in [0.2, 0.25) is 0 Å². The zero-order valence-electron chi connectivity index (χ0n) is 6.33. The number of halogens is 3. The van der Waals surface area contributed by atoms with Gasteiger partial charge in [0.25, 0.3) is 0 Å². The Morgan fingerprint density at radius 1 is 1.17 bits per heavy atom. The van der Waals surface area contributed by atoms with Gasteiger partial charge in [0, 0.05) is 6.42 Å². The third-order valence-corrected chi connectivity index (χ3v) is 2.02. The minimum Gasteiger partial charge on any atom is -0.303 e. The first-order chi connectivity index (χ1) is 5.41. The first-order valence-electron chi connectivity index (χ1n) is 3.63. The molecule has 1 fully saturated rings. The SMILES string of the molecule is N=C1CCC(C(F)(F)F)CC1=N. The molecule has 12 heavy (non-hydrogen) atoms. The number of alkyl halides is 3. The fourth-order valence-corrected chi connectivity index (χ4v) is 1.22. The van der Waals surface area contributed by atoms with Crippen LogP contribution in [0.2, 0.25) is 0 Å². The largest absolute Gasteiger partial charge is 0.392 e. The van der Waals surface area contributed by atoms with E-state index in [4.69, 9.17) is 10.8 Å². The molecule has 68 valence electrons. The topological polar surface area (TPSA) is 47.7 Å². The van der Waals surface area contributed by atoms with Crippen LogP contribution in [0, 0.1) is 16.7 Å². The van der Waals surface area contributed by atoms with Crippen molar-refractivity contribution in [2.45, 2.75) is 25.4 Å². The van der Waals surface area contributed by atoms with E-state index in [0.29, 0.717) is 0 Å². The predicted molar refractivity (Wildman–Crippen MR) is 38.8 cm³/mol. The van der Waals surface area contributed by atoms with Crippen molar-refractivity contribution in [1.82, 2.24) is 0 Å². The Hall–Kier alpha value is -0.870. The van der Waals surface area contributed by atoms with Crippen LogP contribution in [0.5, 0.6) is 0 Å². The fourth-order valence-electron chi connectivity index (χ4n) is 1.22. The number of rotatable bonds is 0. The number of hydrogen-bond acceptors (Lipinski definition) is 2. The van der Waals surface area contributed by atoms with Gasteiger partial charge in [0.05, 0.1) is 17.3 Å². The molecule has 0 amide bonds. The van der Waals surface area contributed by atoms with Crippen LogP contribution >= 0.6 is 0 Å². The number of nitrogens with one attached hydrogen (secondary N) is 2. The van der Waals surface area contributed by atoms with Crippen molar-refractivity contribution in [1.29, 1.82) is 10.8 Å². The molecule has 1 atom stereocenters. The van der Waals surface area contributed by atoms with Crippen LogP contribution in [0.1, 0.15) is 19.3 Å². The molecule has 1 saturated carbocycles. The zero-order valence-corrected chi connectivity index (χ0v) is 6.33. The van der Waals surface area contributed by atoms with E-state index < -0.39 is 12.1 Å². The molecule has 0 aromatic heterocycles. The van der Waals surface area contributed by atoms with Crippen molar-refractivity contribution < 1.29 is 13.2 Å². The lowest BCUT2D eigenvalue weighted by Crippen LogP contribution is -2.32. The summed E-state index contributed by atoms with van der Waals surface area (Å²) in [6, 6.07) is 0. The van der Waals surface area contributed by atoms with Gasteiger partial charge in [-0.1, -0.05) is 0 Å². The summed E-state index contributed by atoms with van der Waals surface area (Å²) < 4.78 is 36.2. The molecule has 1 aliphatic rings. The van der Waals surface area contributed by atoms with Crippen molar-refractivity contribution in [2.75, 3.05) is 0 Å². The third-order valence-electron chi connectivity index (χ3n) is 2.02. The molecule has 2 N–H and O–H groups in total. The highest BCUT2D eigenvalue weighted by atomic mass is 19.4. The molecule has 0 aliphatic heterocycles. The van der Waals surface area contributed by atoms with Gasteiger partial charge >= 0.3 is 6.18 Å². The Labute approximate surface area is 67.8 Å². The van der Waals surface area contributed by atoms with Crippen LogP contribution in [-0.2, 0) is 0 Å². The molecule has 0 bridgehead atoms. The molecule has 0 aromatic carbocycles. The van der Waals surface area contributed by atoms with Gasteiger partial charge < -0.3 is 10.8 Å². The molecular formula is C7H9F3N2.